The average molecular weight is 718 g/mol. The van der Waals surface area contributed by atoms with Crippen LogP contribution in [0, 0.1) is 28.6 Å². The second-order valence-corrected chi connectivity index (χ2v) is 19.7. The number of hydrogen-bond acceptors (Lipinski definition) is 7. The van der Waals surface area contributed by atoms with Crippen LogP contribution >= 0.6 is 0 Å². The number of fused-ring (bicyclic) bond motifs is 1. The highest BCUT2D eigenvalue weighted by atomic mass is 32.2. The first kappa shape index (κ1) is 38.3. The molecule has 0 radical (unpaired) electrons. The number of carbonyl (C=O) groups is 5. The number of urea groups is 1. The first-order valence-electron chi connectivity index (χ1n) is 18.7. The van der Waals surface area contributed by atoms with Gasteiger partial charge < -0.3 is 26.2 Å². The van der Waals surface area contributed by atoms with Gasteiger partial charge >= 0.3 is 6.03 Å². The largest absolute Gasteiger partial charge is 0.346 e. The molecule has 0 spiro atoms. The van der Waals surface area contributed by atoms with Crippen LogP contribution in [-0.2, 0) is 29.0 Å². The van der Waals surface area contributed by atoms with Gasteiger partial charge in [-0.15, -0.1) is 6.58 Å². The second-order valence-electron chi connectivity index (χ2n) is 17.4. The Morgan fingerprint density at radius 3 is 2.16 bits per heavy atom. The van der Waals surface area contributed by atoms with Gasteiger partial charge in [-0.2, -0.15) is 0 Å². The predicted octanol–water partition coefficient (Wildman–Crippen LogP) is 3.40. The highest BCUT2D eigenvalue weighted by Gasteiger charge is 2.70. The lowest BCUT2D eigenvalue weighted by Gasteiger charge is -2.41. The van der Waals surface area contributed by atoms with Crippen molar-refractivity contribution in [2.24, 2.45) is 28.6 Å². The summed E-state index contributed by atoms with van der Waals surface area (Å²) in [5.74, 6) is -2.30. The normalized spacial score (nSPS) is 27.0. The van der Waals surface area contributed by atoms with Gasteiger partial charge in [0.1, 0.15) is 12.1 Å². The highest BCUT2D eigenvalue weighted by molar-refractivity contribution is 7.92. The number of piperidine rings is 1. The Morgan fingerprint density at radius 1 is 0.940 bits per heavy atom. The fourth-order valence-electron chi connectivity index (χ4n) is 8.91. The van der Waals surface area contributed by atoms with Crippen LogP contribution < -0.4 is 21.3 Å². The van der Waals surface area contributed by atoms with E-state index in [2.05, 4.69) is 41.7 Å². The molecule has 13 heteroatoms. The number of hydrogen-bond donors (Lipinski definition) is 4. The Bertz CT molecular complexity index is 1450. The van der Waals surface area contributed by atoms with E-state index in [0.717, 1.165) is 44.9 Å². The molecule has 1 saturated heterocycles. The highest BCUT2D eigenvalue weighted by Crippen LogP contribution is 2.65. The zero-order valence-corrected chi connectivity index (χ0v) is 31.5. The zero-order chi connectivity index (χ0) is 36.6. The molecule has 12 nitrogen and oxygen atoms in total. The molecule has 1 heterocycles. The Balaban J connectivity index is 1.33. The van der Waals surface area contributed by atoms with Gasteiger partial charge in [0.05, 0.1) is 22.6 Å². The van der Waals surface area contributed by atoms with Crippen molar-refractivity contribution in [3.05, 3.63) is 12.7 Å². The predicted molar refractivity (Wildman–Crippen MR) is 191 cm³/mol. The lowest BCUT2D eigenvalue weighted by molar-refractivity contribution is -0.145. The third-order valence-corrected chi connectivity index (χ3v) is 14.6. The van der Waals surface area contributed by atoms with Crippen LogP contribution in [0.4, 0.5) is 4.79 Å². The molecule has 0 aromatic rings. The van der Waals surface area contributed by atoms with Gasteiger partial charge in [-0.3, -0.25) is 19.2 Å². The Hall–Kier alpha value is -2.96. The molecular formula is C37H59N5O7S. The molecule has 280 valence electrons. The Labute approximate surface area is 298 Å². The summed E-state index contributed by atoms with van der Waals surface area (Å²) >= 11 is 0. The summed E-state index contributed by atoms with van der Waals surface area (Å²) in [5.41, 5.74) is -1.85. The van der Waals surface area contributed by atoms with E-state index in [0.29, 0.717) is 38.6 Å². The fourth-order valence-corrected chi connectivity index (χ4v) is 11.3. The summed E-state index contributed by atoms with van der Waals surface area (Å²) in [6.07, 6.45) is 10.5. The molecule has 4 N–H and O–H groups in total. The van der Waals surface area contributed by atoms with Crippen LogP contribution in [0.2, 0.25) is 0 Å². The molecule has 5 amide bonds. The van der Waals surface area contributed by atoms with E-state index in [1.54, 1.807) is 4.90 Å². The van der Waals surface area contributed by atoms with Crippen molar-refractivity contribution in [1.29, 1.82) is 0 Å². The van der Waals surface area contributed by atoms with Crippen molar-refractivity contribution in [3.63, 3.8) is 0 Å². The van der Waals surface area contributed by atoms with E-state index in [4.69, 9.17) is 0 Å². The molecule has 1 unspecified atom stereocenters. The minimum Gasteiger partial charge on any atom is -0.346 e. The summed E-state index contributed by atoms with van der Waals surface area (Å²) in [6, 6.07) is -3.48. The molecule has 5 atom stereocenters. The second kappa shape index (κ2) is 14.6. The molecule has 4 aliphatic carbocycles. The van der Waals surface area contributed by atoms with Gasteiger partial charge in [-0.05, 0) is 60.7 Å². The number of likely N-dealkylation sites (tertiary alicyclic amines) is 1. The first-order valence-corrected chi connectivity index (χ1v) is 20.5. The van der Waals surface area contributed by atoms with Gasteiger partial charge in [-0.1, -0.05) is 85.6 Å². The maximum absolute atomic E-state index is 14.5. The SMILES string of the molecule is C=CCNC(=O)C(=O)C(CC1CC1)NC(=O)[C@@H]1[C@@H]2[C@H](CN1C(=O)[C@@H](NC(=O)NC1(CS(=O)(=O)C3CCCC3)CCCCC1)C(C)(C)C)C2(C)C. The van der Waals surface area contributed by atoms with Crippen molar-refractivity contribution in [1.82, 2.24) is 26.2 Å². The van der Waals surface area contributed by atoms with Crippen LogP contribution in [-0.4, -0.2) is 90.6 Å². The lowest BCUT2D eigenvalue weighted by Crippen LogP contribution is -2.64. The molecule has 0 aromatic heterocycles. The molecule has 4 saturated carbocycles. The van der Waals surface area contributed by atoms with Gasteiger partial charge in [0, 0.05) is 13.1 Å². The van der Waals surface area contributed by atoms with Crippen LogP contribution in [0.5, 0.6) is 0 Å². The lowest BCUT2D eigenvalue weighted by atomic mass is 9.83. The number of Topliss-reactive ketones (excluding diaryl/α,β-unsaturated/α-hetero) is 1. The van der Waals surface area contributed by atoms with Crippen LogP contribution in [0.3, 0.4) is 0 Å². The molecule has 0 bridgehead atoms. The summed E-state index contributed by atoms with van der Waals surface area (Å²) in [7, 11) is -3.42. The number of ketones is 1. The monoisotopic (exact) mass is 717 g/mol. The zero-order valence-electron chi connectivity index (χ0n) is 30.6. The molecule has 0 aromatic carbocycles. The van der Waals surface area contributed by atoms with Gasteiger partial charge in [-0.25, -0.2) is 13.2 Å². The average Bonchev–Trinajstić information content (AvgIpc) is 3.72. The van der Waals surface area contributed by atoms with E-state index in [1.165, 1.54) is 6.08 Å². The summed E-state index contributed by atoms with van der Waals surface area (Å²) in [5, 5.41) is 11.0. The van der Waals surface area contributed by atoms with E-state index in [9.17, 15) is 32.4 Å². The summed E-state index contributed by atoms with van der Waals surface area (Å²) < 4.78 is 27.0. The Morgan fingerprint density at radius 2 is 1.58 bits per heavy atom. The molecule has 5 aliphatic rings. The first-order chi connectivity index (χ1) is 23.4. The minimum absolute atomic E-state index is 0.0661. The minimum atomic E-state index is -3.42. The number of carbonyl (C=O) groups excluding carboxylic acids is 5. The summed E-state index contributed by atoms with van der Waals surface area (Å²) in [4.78, 5) is 69.7. The number of amides is 5. The van der Waals surface area contributed by atoms with Gasteiger partial charge in [0.15, 0.2) is 9.84 Å². The quantitative estimate of drug-likeness (QED) is 0.158. The molecule has 1 aliphatic heterocycles. The molecule has 5 rings (SSSR count). The van der Waals surface area contributed by atoms with Crippen molar-refractivity contribution in [2.75, 3.05) is 18.8 Å². The fraction of sp³-hybridized carbons (Fsp3) is 0.811. The third-order valence-electron chi connectivity index (χ3n) is 12.2. The van der Waals surface area contributed by atoms with Crippen LogP contribution in [0.25, 0.3) is 0 Å². The molecular weight excluding hydrogens is 659 g/mol. The smallest absolute Gasteiger partial charge is 0.315 e. The van der Waals surface area contributed by atoms with Crippen molar-refractivity contribution in [2.45, 2.75) is 141 Å². The van der Waals surface area contributed by atoms with Gasteiger partial charge in [0.2, 0.25) is 17.6 Å². The maximum Gasteiger partial charge on any atom is 0.315 e. The van der Waals surface area contributed by atoms with Crippen molar-refractivity contribution < 1.29 is 32.4 Å². The summed E-state index contributed by atoms with van der Waals surface area (Å²) in [6.45, 7) is 13.7. The molecule has 5 fully saturated rings. The van der Waals surface area contributed by atoms with Crippen LogP contribution in [0.1, 0.15) is 112 Å². The van der Waals surface area contributed by atoms with E-state index < -0.39 is 68.5 Å². The van der Waals surface area contributed by atoms with Crippen LogP contribution in [0.15, 0.2) is 12.7 Å². The number of nitrogens with one attached hydrogen (secondary N) is 4. The van der Waals surface area contributed by atoms with Crippen molar-refractivity contribution in [3.8, 4) is 0 Å². The van der Waals surface area contributed by atoms with Gasteiger partial charge in [0.25, 0.3) is 5.91 Å². The third kappa shape index (κ3) is 8.39. The van der Waals surface area contributed by atoms with E-state index >= 15 is 0 Å². The number of nitrogens with zero attached hydrogens (tertiary/aromatic N) is 1. The number of sulfone groups is 1. The Kier molecular flexibility index (Phi) is 11.2. The maximum atomic E-state index is 14.5. The van der Waals surface area contributed by atoms with E-state index in [1.807, 2.05) is 20.8 Å². The topological polar surface area (TPSA) is 171 Å². The molecule has 50 heavy (non-hydrogen) atoms. The van der Waals surface area contributed by atoms with E-state index in [-0.39, 0.29) is 40.7 Å². The van der Waals surface area contributed by atoms with Crippen molar-refractivity contribution >= 4 is 39.4 Å². The standard InChI is InChI=1S/C37H59N5O7S/c1-7-19-38-32(45)29(43)26(20-23-15-16-23)39-31(44)28-27-25(36(27,5)6)21-42(28)33(46)30(35(2,3)4)40-34(47)41-37(17-11-8-12-18-37)22-50(48,49)24-13-9-10-14-24/h7,23-28,30H,1,8-22H2,2-6H3,(H,38,45)(H,39,44)(H2,40,41,47)/t25-,26?,27-,28-,30+/m0/s1. The number of rotatable bonds is 14.